The summed E-state index contributed by atoms with van der Waals surface area (Å²) in [6.45, 7) is 0. The van der Waals surface area contributed by atoms with Crippen molar-refractivity contribution in [3.05, 3.63) is 17.8 Å². The van der Waals surface area contributed by atoms with Gasteiger partial charge in [-0.15, -0.1) is 0 Å². The average molecular weight is 219 g/mol. The van der Waals surface area contributed by atoms with E-state index in [9.17, 15) is 4.21 Å². The summed E-state index contributed by atoms with van der Waals surface area (Å²) < 4.78 is 20.5. The van der Waals surface area contributed by atoms with E-state index in [1.54, 1.807) is 0 Å². The Morgan fingerprint density at radius 2 is 2.31 bits per heavy atom. The highest BCUT2D eigenvalue weighted by atomic mass is 35.5. The van der Waals surface area contributed by atoms with E-state index in [-0.39, 0.29) is 10.9 Å². The molecule has 0 amide bonds. The number of fused-ring (bicyclic) bond motifs is 1. The normalized spacial score (nSPS) is 13.4. The van der Waals surface area contributed by atoms with Crippen molar-refractivity contribution in [2.75, 3.05) is 0 Å². The number of halogens is 1. The third-order valence-electron chi connectivity index (χ3n) is 1.40. The molecule has 13 heavy (non-hydrogen) atoms. The monoisotopic (exact) mass is 218 g/mol. The SMILES string of the molecule is O=S(O)n1cnc2cnc(Cl)nc21. The minimum absolute atomic E-state index is 0.0136. The molecule has 0 radical (unpaired) electrons. The van der Waals surface area contributed by atoms with Crippen LogP contribution in [0.4, 0.5) is 0 Å². The van der Waals surface area contributed by atoms with E-state index in [1.165, 1.54) is 12.5 Å². The lowest BCUT2D eigenvalue weighted by atomic mass is 10.6. The van der Waals surface area contributed by atoms with Gasteiger partial charge in [-0.25, -0.2) is 18.1 Å². The molecule has 6 nitrogen and oxygen atoms in total. The molecule has 8 heteroatoms. The third kappa shape index (κ3) is 1.41. The van der Waals surface area contributed by atoms with Gasteiger partial charge >= 0.3 is 0 Å². The first-order valence-corrected chi connectivity index (χ1v) is 4.59. The first-order valence-electron chi connectivity index (χ1n) is 3.15. The maximum Gasteiger partial charge on any atom is 0.268 e. The van der Waals surface area contributed by atoms with Crippen molar-refractivity contribution in [1.29, 1.82) is 0 Å². The number of rotatable bonds is 1. The third-order valence-corrected chi connectivity index (χ3v) is 2.19. The van der Waals surface area contributed by atoms with Crippen LogP contribution in [0.3, 0.4) is 0 Å². The van der Waals surface area contributed by atoms with Crippen LogP contribution in [0.25, 0.3) is 11.2 Å². The van der Waals surface area contributed by atoms with Gasteiger partial charge < -0.3 is 0 Å². The van der Waals surface area contributed by atoms with Gasteiger partial charge in [0, 0.05) is 0 Å². The molecule has 0 aliphatic heterocycles. The van der Waals surface area contributed by atoms with Gasteiger partial charge in [-0.3, -0.25) is 4.55 Å². The van der Waals surface area contributed by atoms with E-state index in [1.807, 2.05) is 0 Å². The second-order valence-electron chi connectivity index (χ2n) is 2.15. The van der Waals surface area contributed by atoms with Crippen molar-refractivity contribution in [3.63, 3.8) is 0 Å². The summed E-state index contributed by atoms with van der Waals surface area (Å²) in [6.07, 6.45) is 2.58. The van der Waals surface area contributed by atoms with E-state index in [2.05, 4.69) is 15.0 Å². The number of imidazole rings is 1. The predicted octanol–water partition coefficient (Wildman–Crippen LogP) is 0.464. The lowest BCUT2D eigenvalue weighted by molar-refractivity contribution is 0.556. The summed E-state index contributed by atoms with van der Waals surface area (Å²) in [5.41, 5.74) is 0.660. The molecule has 2 heterocycles. The van der Waals surface area contributed by atoms with Gasteiger partial charge in [0.1, 0.15) is 11.8 Å². The molecule has 1 atom stereocenters. The van der Waals surface area contributed by atoms with Crippen LogP contribution in [0.2, 0.25) is 5.28 Å². The number of hydrogen-bond donors (Lipinski definition) is 1. The molecule has 0 bridgehead atoms. The number of nitrogens with zero attached hydrogens (tertiary/aromatic N) is 4. The van der Waals surface area contributed by atoms with Crippen LogP contribution >= 0.6 is 11.6 Å². The standard InChI is InChI=1S/C5H3ClN4O2S/c6-5-7-1-3-4(9-5)10(2-8-3)13(11)12/h1-2H,(H,11,12). The maximum atomic E-state index is 10.7. The molecule has 1 unspecified atom stereocenters. The minimum atomic E-state index is -2.18. The van der Waals surface area contributed by atoms with Crippen molar-refractivity contribution in [2.45, 2.75) is 0 Å². The molecule has 68 valence electrons. The molecular formula is C5H3ClN4O2S. The quantitative estimate of drug-likeness (QED) is 0.556. The smallest absolute Gasteiger partial charge is 0.268 e. The minimum Gasteiger partial charge on any atom is -0.289 e. The Morgan fingerprint density at radius 1 is 1.54 bits per heavy atom. The summed E-state index contributed by atoms with van der Waals surface area (Å²) >= 11 is 3.33. The molecule has 0 aliphatic rings. The fraction of sp³-hybridized carbons (Fsp3) is 0. The summed E-state index contributed by atoms with van der Waals surface area (Å²) in [7, 11) is 0. The van der Waals surface area contributed by atoms with Gasteiger partial charge in [-0.1, -0.05) is 0 Å². The van der Waals surface area contributed by atoms with E-state index in [0.717, 1.165) is 3.97 Å². The van der Waals surface area contributed by atoms with Gasteiger partial charge in [0.05, 0.1) is 6.20 Å². The Labute approximate surface area is 80.0 Å². The molecule has 0 fully saturated rings. The second-order valence-corrected chi connectivity index (χ2v) is 3.34. The van der Waals surface area contributed by atoms with Crippen LogP contribution in [-0.4, -0.2) is 27.7 Å². The Hall–Kier alpha value is -1.05. The fourth-order valence-electron chi connectivity index (χ4n) is 0.883. The van der Waals surface area contributed by atoms with Crippen LogP contribution in [0, 0.1) is 0 Å². The van der Waals surface area contributed by atoms with Gasteiger partial charge in [-0.2, -0.15) is 4.98 Å². The Kier molecular flexibility index (Phi) is 1.98. The zero-order valence-electron chi connectivity index (χ0n) is 6.09. The van der Waals surface area contributed by atoms with E-state index < -0.39 is 11.3 Å². The van der Waals surface area contributed by atoms with Crippen LogP contribution in [0.1, 0.15) is 0 Å². The molecule has 0 saturated heterocycles. The largest absolute Gasteiger partial charge is 0.289 e. The van der Waals surface area contributed by atoms with Crippen molar-refractivity contribution in [3.8, 4) is 0 Å². The Bertz CT molecular complexity index is 484. The van der Waals surface area contributed by atoms with E-state index in [4.69, 9.17) is 16.2 Å². The van der Waals surface area contributed by atoms with Crippen LogP contribution in [0.5, 0.6) is 0 Å². The van der Waals surface area contributed by atoms with E-state index >= 15 is 0 Å². The number of aromatic nitrogens is 4. The fourth-order valence-corrected chi connectivity index (χ4v) is 1.42. The number of hydrogen-bond acceptors (Lipinski definition) is 4. The summed E-state index contributed by atoms with van der Waals surface area (Å²) in [6, 6.07) is 0. The van der Waals surface area contributed by atoms with Crippen molar-refractivity contribution in [1.82, 2.24) is 18.9 Å². The molecule has 2 aromatic heterocycles. The van der Waals surface area contributed by atoms with E-state index in [0.29, 0.717) is 5.52 Å². The maximum absolute atomic E-state index is 10.7. The topological polar surface area (TPSA) is 80.9 Å². The molecule has 0 aliphatic carbocycles. The predicted molar refractivity (Wildman–Crippen MR) is 46.5 cm³/mol. The van der Waals surface area contributed by atoms with Crippen molar-refractivity contribution >= 4 is 34.0 Å². The zero-order valence-corrected chi connectivity index (χ0v) is 7.66. The van der Waals surface area contributed by atoms with Crippen molar-refractivity contribution < 1.29 is 8.76 Å². The second kappa shape index (κ2) is 3.02. The van der Waals surface area contributed by atoms with Crippen LogP contribution < -0.4 is 0 Å². The van der Waals surface area contributed by atoms with Crippen LogP contribution in [0.15, 0.2) is 12.5 Å². The van der Waals surface area contributed by atoms with Gasteiger partial charge in [0.2, 0.25) is 5.28 Å². The van der Waals surface area contributed by atoms with Gasteiger partial charge in [-0.05, 0) is 11.6 Å². The highest BCUT2D eigenvalue weighted by Crippen LogP contribution is 2.11. The summed E-state index contributed by atoms with van der Waals surface area (Å²) in [5, 5.41) is 0.0136. The first-order chi connectivity index (χ1) is 6.18. The lowest BCUT2D eigenvalue weighted by Gasteiger charge is -1.94. The highest BCUT2D eigenvalue weighted by Gasteiger charge is 2.08. The summed E-state index contributed by atoms with van der Waals surface area (Å²) in [5.74, 6) is 0. The van der Waals surface area contributed by atoms with Gasteiger partial charge in [0.25, 0.3) is 11.3 Å². The molecular weight excluding hydrogens is 216 g/mol. The molecule has 1 N–H and O–H groups in total. The molecule has 2 aromatic rings. The molecule has 2 rings (SSSR count). The highest BCUT2D eigenvalue weighted by molar-refractivity contribution is 7.77. The van der Waals surface area contributed by atoms with Crippen molar-refractivity contribution in [2.24, 2.45) is 0 Å². The molecule has 0 saturated carbocycles. The Balaban J connectivity index is 2.79. The zero-order chi connectivity index (χ0) is 9.42. The Morgan fingerprint density at radius 3 is 3.00 bits per heavy atom. The summed E-state index contributed by atoms with van der Waals surface area (Å²) in [4.78, 5) is 11.2. The lowest BCUT2D eigenvalue weighted by Crippen LogP contribution is -2.01. The average Bonchev–Trinajstić information content (AvgIpc) is 2.46. The molecule has 0 spiro atoms. The van der Waals surface area contributed by atoms with Gasteiger partial charge in [0.15, 0.2) is 5.65 Å². The van der Waals surface area contributed by atoms with Crippen LogP contribution in [-0.2, 0) is 11.3 Å². The molecule has 0 aromatic carbocycles. The first kappa shape index (κ1) is 8.54.